The quantitative estimate of drug-likeness (QED) is 0.752. The predicted molar refractivity (Wildman–Crippen MR) is 66.6 cm³/mol. The maximum atomic E-state index is 9.59. The minimum absolute atomic E-state index is 0.278. The molecule has 1 rings (SSSR count). The molecule has 2 nitrogen and oxygen atoms in total. The van der Waals surface area contributed by atoms with Crippen molar-refractivity contribution in [1.29, 1.82) is 0 Å². The largest absolute Gasteiger partial charge is 0.391 e. The highest BCUT2D eigenvalue weighted by Gasteiger charge is 2.05. The summed E-state index contributed by atoms with van der Waals surface area (Å²) in [6.07, 6.45) is -0.278. The van der Waals surface area contributed by atoms with E-state index in [0.29, 0.717) is 6.54 Å². The maximum absolute atomic E-state index is 9.59. The molecule has 0 amide bonds. The number of likely N-dealkylation sites (N-methyl/N-ethyl adjacent to an activating group) is 1. The summed E-state index contributed by atoms with van der Waals surface area (Å²) in [4.78, 5) is 1.27. The normalized spacial score (nSPS) is 12.8. The van der Waals surface area contributed by atoms with Crippen LogP contribution in [0.3, 0.4) is 0 Å². The first-order valence-electron chi connectivity index (χ1n) is 5.16. The number of nitrogens with one attached hydrogen (secondary N) is 1. The van der Waals surface area contributed by atoms with Gasteiger partial charge in [-0.15, -0.1) is 11.8 Å². The monoisotopic (exact) mass is 225 g/mol. The van der Waals surface area contributed by atoms with Gasteiger partial charge in [0.05, 0.1) is 6.10 Å². The zero-order valence-corrected chi connectivity index (χ0v) is 10.4. The van der Waals surface area contributed by atoms with Gasteiger partial charge in [0.15, 0.2) is 0 Å². The number of thioether (sulfide) groups is 1. The van der Waals surface area contributed by atoms with Crippen molar-refractivity contribution in [3.63, 3.8) is 0 Å². The van der Waals surface area contributed by atoms with E-state index in [0.717, 1.165) is 5.75 Å². The Labute approximate surface area is 96.1 Å². The molecule has 0 fully saturated rings. The highest BCUT2D eigenvalue weighted by molar-refractivity contribution is 7.99. The number of aryl methyl sites for hydroxylation is 2. The van der Waals surface area contributed by atoms with Gasteiger partial charge in [-0.05, 0) is 32.5 Å². The minimum atomic E-state index is -0.278. The number of hydrogen-bond donors (Lipinski definition) is 2. The molecule has 3 heteroatoms. The molecule has 2 N–H and O–H groups in total. The molecule has 0 bridgehead atoms. The molecule has 0 spiro atoms. The molecule has 0 aliphatic rings. The summed E-state index contributed by atoms with van der Waals surface area (Å²) < 4.78 is 0. The molecular weight excluding hydrogens is 206 g/mol. The number of aliphatic hydroxyl groups is 1. The lowest BCUT2D eigenvalue weighted by molar-refractivity contribution is 0.199. The molecule has 1 aromatic carbocycles. The van der Waals surface area contributed by atoms with Crippen LogP contribution in [-0.4, -0.2) is 30.6 Å². The minimum Gasteiger partial charge on any atom is -0.391 e. The molecule has 15 heavy (non-hydrogen) atoms. The Morgan fingerprint density at radius 2 is 2.13 bits per heavy atom. The molecule has 1 atom stereocenters. The summed E-state index contributed by atoms with van der Waals surface area (Å²) in [5, 5.41) is 12.6. The van der Waals surface area contributed by atoms with Gasteiger partial charge >= 0.3 is 0 Å². The molecule has 0 aromatic heterocycles. The Kier molecular flexibility index (Phi) is 5.15. The standard InChI is InChI=1S/C12H19NOS/c1-9-4-5-10(2)12(6-9)15-8-11(14)7-13-3/h4-6,11,13-14H,7-8H2,1-3H3. The van der Waals surface area contributed by atoms with Crippen LogP contribution in [0.25, 0.3) is 0 Å². The van der Waals surface area contributed by atoms with Gasteiger partial charge in [0.1, 0.15) is 0 Å². The van der Waals surface area contributed by atoms with Gasteiger partial charge in [-0.25, -0.2) is 0 Å². The lowest BCUT2D eigenvalue weighted by Gasteiger charge is -2.11. The first-order chi connectivity index (χ1) is 7.13. The summed E-state index contributed by atoms with van der Waals surface area (Å²) in [7, 11) is 1.85. The Hall–Kier alpha value is -0.510. The smallest absolute Gasteiger partial charge is 0.0758 e. The van der Waals surface area contributed by atoms with E-state index in [2.05, 4.69) is 37.4 Å². The topological polar surface area (TPSA) is 32.3 Å². The van der Waals surface area contributed by atoms with Gasteiger partial charge < -0.3 is 10.4 Å². The maximum Gasteiger partial charge on any atom is 0.0758 e. The summed E-state index contributed by atoms with van der Waals surface area (Å²) in [5.74, 6) is 0.741. The van der Waals surface area contributed by atoms with E-state index in [1.54, 1.807) is 11.8 Å². The first-order valence-corrected chi connectivity index (χ1v) is 6.14. The summed E-state index contributed by atoms with van der Waals surface area (Å²) in [6, 6.07) is 6.41. The van der Waals surface area contributed by atoms with Crippen molar-refractivity contribution in [3.8, 4) is 0 Å². The van der Waals surface area contributed by atoms with E-state index in [1.807, 2.05) is 7.05 Å². The Morgan fingerprint density at radius 3 is 2.80 bits per heavy atom. The molecule has 1 unspecified atom stereocenters. The molecule has 0 radical (unpaired) electrons. The van der Waals surface area contributed by atoms with Crippen molar-refractivity contribution in [2.75, 3.05) is 19.3 Å². The van der Waals surface area contributed by atoms with Crippen molar-refractivity contribution in [2.45, 2.75) is 24.8 Å². The van der Waals surface area contributed by atoms with Crippen LogP contribution in [0.5, 0.6) is 0 Å². The highest BCUT2D eigenvalue weighted by atomic mass is 32.2. The van der Waals surface area contributed by atoms with Crippen molar-refractivity contribution in [2.24, 2.45) is 0 Å². The highest BCUT2D eigenvalue weighted by Crippen LogP contribution is 2.23. The molecular formula is C12H19NOS. The van der Waals surface area contributed by atoms with E-state index >= 15 is 0 Å². The van der Waals surface area contributed by atoms with Crippen LogP contribution >= 0.6 is 11.8 Å². The second-order valence-electron chi connectivity index (χ2n) is 3.79. The Morgan fingerprint density at radius 1 is 1.40 bits per heavy atom. The van der Waals surface area contributed by atoms with Crippen LogP contribution in [-0.2, 0) is 0 Å². The van der Waals surface area contributed by atoms with Gasteiger partial charge in [-0.2, -0.15) is 0 Å². The fourth-order valence-corrected chi connectivity index (χ4v) is 2.40. The zero-order valence-electron chi connectivity index (χ0n) is 9.58. The molecule has 0 aliphatic carbocycles. The van der Waals surface area contributed by atoms with Crippen molar-refractivity contribution in [3.05, 3.63) is 29.3 Å². The third-order valence-corrected chi connectivity index (χ3v) is 3.52. The van der Waals surface area contributed by atoms with Crippen LogP contribution in [0.15, 0.2) is 23.1 Å². The fourth-order valence-electron chi connectivity index (χ4n) is 1.34. The average molecular weight is 225 g/mol. The zero-order chi connectivity index (χ0) is 11.3. The Bertz CT molecular complexity index is 314. The van der Waals surface area contributed by atoms with E-state index in [-0.39, 0.29) is 6.10 Å². The molecule has 0 aliphatic heterocycles. The number of hydrogen-bond acceptors (Lipinski definition) is 3. The molecule has 0 saturated carbocycles. The van der Waals surface area contributed by atoms with Crippen molar-refractivity contribution < 1.29 is 5.11 Å². The first kappa shape index (κ1) is 12.6. The second kappa shape index (κ2) is 6.16. The van der Waals surface area contributed by atoms with Crippen molar-refractivity contribution in [1.82, 2.24) is 5.32 Å². The summed E-state index contributed by atoms with van der Waals surface area (Å²) in [6.45, 7) is 4.84. The van der Waals surface area contributed by atoms with Gasteiger partial charge in [0, 0.05) is 17.2 Å². The number of aliphatic hydroxyl groups excluding tert-OH is 1. The van der Waals surface area contributed by atoms with Crippen LogP contribution in [0.4, 0.5) is 0 Å². The summed E-state index contributed by atoms with van der Waals surface area (Å²) in [5.41, 5.74) is 2.55. The Balaban J connectivity index is 2.53. The summed E-state index contributed by atoms with van der Waals surface area (Å²) >= 11 is 1.72. The van der Waals surface area contributed by atoms with Crippen molar-refractivity contribution >= 4 is 11.8 Å². The van der Waals surface area contributed by atoms with E-state index in [4.69, 9.17) is 0 Å². The van der Waals surface area contributed by atoms with Gasteiger partial charge in [-0.3, -0.25) is 0 Å². The SMILES string of the molecule is CNCC(O)CSc1cc(C)ccc1C. The number of benzene rings is 1. The predicted octanol–water partition coefficient (Wildman–Crippen LogP) is 1.98. The number of rotatable bonds is 5. The van der Waals surface area contributed by atoms with Crippen LogP contribution in [0, 0.1) is 13.8 Å². The van der Waals surface area contributed by atoms with Crippen LogP contribution in [0.1, 0.15) is 11.1 Å². The van der Waals surface area contributed by atoms with E-state index < -0.39 is 0 Å². The lowest BCUT2D eigenvalue weighted by Crippen LogP contribution is -2.25. The molecule has 0 saturated heterocycles. The average Bonchev–Trinajstić information content (AvgIpc) is 2.20. The molecule has 0 heterocycles. The lowest BCUT2D eigenvalue weighted by atomic mass is 10.2. The van der Waals surface area contributed by atoms with Gasteiger partial charge in [-0.1, -0.05) is 17.7 Å². The third-order valence-electron chi connectivity index (χ3n) is 2.21. The second-order valence-corrected chi connectivity index (χ2v) is 4.85. The van der Waals surface area contributed by atoms with Gasteiger partial charge in [0.25, 0.3) is 0 Å². The third kappa shape index (κ3) is 4.24. The van der Waals surface area contributed by atoms with Crippen LogP contribution < -0.4 is 5.32 Å². The van der Waals surface area contributed by atoms with Crippen LogP contribution in [0.2, 0.25) is 0 Å². The fraction of sp³-hybridized carbons (Fsp3) is 0.500. The molecule has 84 valence electrons. The van der Waals surface area contributed by atoms with E-state index in [9.17, 15) is 5.11 Å². The molecule has 1 aromatic rings. The van der Waals surface area contributed by atoms with E-state index in [1.165, 1.54) is 16.0 Å². The van der Waals surface area contributed by atoms with Gasteiger partial charge in [0.2, 0.25) is 0 Å².